The fourth-order valence-electron chi connectivity index (χ4n) is 2.85. The topological polar surface area (TPSA) is 58.4 Å². The maximum atomic E-state index is 11.5. The zero-order valence-electron chi connectivity index (χ0n) is 13.1. The number of aryl methyl sites for hydroxylation is 1. The molecule has 0 saturated heterocycles. The number of fused-ring (bicyclic) bond motifs is 1. The average molecular weight is 289 g/mol. The molecule has 2 aromatic rings. The predicted octanol–water partition coefficient (Wildman–Crippen LogP) is 2.81. The first-order valence-corrected chi connectivity index (χ1v) is 7.33. The van der Waals surface area contributed by atoms with Crippen LogP contribution in [-0.2, 0) is 6.42 Å². The van der Waals surface area contributed by atoms with Gasteiger partial charge in [-0.2, -0.15) is 0 Å². The summed E-state index contributed by atoms with van der Waals surface area (Å²) in [5.41, 5.74) is 1.83. The number of rotatable bonds is 6. The molecule has 0 bridgehead atoms. The summed E-state index contributed by atoms with van der Waals surface area (Å²) in [7, 11) is 4.04. The molecule has 0 spiro atoms. The Labute approximate surface area is 125 Å². The molecule has 0 saturated carbocycles. The normalized spacial score (nSPS) is 13.0. The van der Waals surface area contributed by atoms with Gasteiger partial charge in [0.15, 0.2) is 0 Å². The Morgan fingerprint density at radius 3 is 2.71 bits per heavy atom. The largest absolute Gasteiger partial charge is 0.478 e. The summed E-state index contributed by atoms with van der Waals surface area (Å²) >= 11 is 0. The van der Waals surface area contributed by atoms with Crippen molar-refractivity contribution in [1.29, 1.82) is 0 Å². The second-order valence-corrected chi connectivity index (χ2v) is 5.74. The van der Waals surface area contributed by atoms with Crippen LogP contribution in [0.15, 0.2) is 18.2 Å². The van der Waals surface area contributed by atoms with E-state index < -0.39 is 5.97 Å². The number of likely N-dealkylation sites (N-methyl/N-ethyl adjacent to an activating group) is 1. The van der Waals surface area contributed by atoms with Gasteiger partial charge in [-0.15, -0.1) is 0 Å². The fourth-order valence-corrected chi connectivity index (χ4v) is 2.85. The van der Waals surface area contributed by atoms with Gasteiger partial charge < -0.3 is 14.6 Å². The lowest BCUT2D eigenvalue weighted by Crippen LogP contribution is -2.24. The molecule has 5 heteroatoms. The molecule has 1 unspecified atom stereocenters. The Morgan fingerprint density at radius 1 is 1.43 bits per heavy atom. The number of carboxylic acid groups (broad SMARTS) is 1. The molecule has 1 N–H and O–H groups in total. The van der Waals surface area contributed by atoms with Crippen LogP contribution in [0, 0.1) is 0 Å². The number of nitrogens with zero attached hydrogens (tertiary/aromatic N) is 3. The van der Waals surface area contributed by atoms with E-state index in [1.807, 2.05) is 20.2 Å². The van der Waals surface area contributed by atoms with E-state index in [1.54, 1.807) is 12.1 Å². The van der Waals surface area contributed by atoms with Gasteiger partial charge >= 0.3 is 5.97 Å². The van der Waals surface area contributed by atoms with E-state index in [4.69, 9.17) is 0 Å². The van der Waals surface area contributed by atoms with E-state index in [0.717, 1.165) is 36.2 Å². The number of hydrogen-bond acceptors (Lipinski definition) is 3. The molecule has 0 aliphatic carbocycles. The third kappa shape index (κ3) is 3.08. The highest BCUT2D eigenvalue weighted by molar-refractivity contribution is 6.01. The van der Waals surface area contributed by atoms with Crippen molar-refractivity contribution in [2.75, 3.05) is 20.6 Å². The lowest BCUT2D eigenvalue weighted by molar-refractivity contribution is 0.0698. The van der Waals surface area contributed by atoms with E-state index in [0.29, 0.717) is 5.56 Å². The van der Waals surface area contributed by atoms with Gasteiger partial charge in [-0.05, 0) is 39.6 Å². The standard InChI is InChI=1S/C16H23N3O2/c1-5-7-14-17-13-9-6-8-12(16(20)21)15(13)19(14)11(2)10-18(3)4/h6,8-9,11H,5,7,10H2,1-4H3,(H,20,21). The van der Waals surface area contributed by atoms with Crippen LogP contribution < -0.4 is 0 Å². The number of aromatic carboxylic acids is 1. The molecule has 21 heavy (non-hydrogen) atoms. The Morgan fingerprint density at radius 2 is 2.14 bits per heavy atom. The van der Waals surface area contributed by atoms with Gasteiger partial charge in [0, 0.05) is 19.0 Å². The predicted molar refractivity (Wildman–Crippen MR) is 84.0 cm³/mol. The maximum Gasteiger partial charge on any atom is 0.337 e. The molecule has 0 aliphatic heterocycles. The van der Waals surface area contributed by atoms with E-state index in [2.05, 4.69) is 28.3 Å². The van der Waals surface area contributed by atoms with Gasteiger partial charge in [-0.3, -0.25) is 0 Å². The van der Waals surface area contributed by atoms with Crippen LogP contribution in [0.25, 0.3) is 11.0 Å². The minimum Gasteiger partial charge on any atom is -0.478 e. The van der Waals surface area contributed by atoms with Gasteiger partial charge in [0.25, 0.3) is 0 Å². The monoisotopic (exact) mass is 289 g/mol. The summed E-state index contributed by atoms with van der Waals surface area (Å²) in [6.45, 7) is 5.06. The number of aromatic nitrogens is 2. The molecule has 2 rings (SSSR count). The van der Waals surface area contributed by atoms with Crippen molar-refractivity contribution in [3.05, 3.63) is 29.6 Å². The molecular formula is C16H23N3O2. The molecule has 0 radical (unpaired) electrons. The van der Waals surface area contributed by atoms with Crippen LogP contribution in [0.3, 0.4) is 0 Å². The van der Waals surface area contributed by atoms with Crippen molar-refractivity contribution in [2.24, 2.45) is 0 Å². The van der Waals surface area contributed by atoms with Gasteiger partial charge in [-0.25, -0.2) is 9.78 Å². The quantitative estimate of drug-likeness (QED) is 0.888. The summed E-state index contributed by atoms with van der Waals surface area (Å²) in [4.78, 5) is 18.3. The first-order valence-electron chi connectivity index (χ1n) is 7.33. The highest BCUT2D eigenvalue weighted by Gasteiger charge is 2.20. The number of para-hydroxylation sites is 1. The fraction of sp³-hybridized carbons (Fsp3) is 0.500. The van der Waals surface area contributed by atoms with Gasteiger partial charge in [0.2, 0.25) is 0 Å². The Balaban J connectivity index is 2.67. The van der Waals surface area contributed by atoms with Crippen LogP contribution in [0.4, 0.5) is 0 Å². The first kappa shape index (κ1) is 15.5. The third-order valence-corrected chi connectivity index (χ3v) is 3.56. The second-order valence-electron chi connectivity index (χ2n) is 5.74. The first-order chi connectivity index (χ1) is 9.95. The van der Waals surface area contributed by atoms with Gasteiger partial charge in [0.1, 0.15) is 5.82 Å². The van der Waals surface area contributed by atoms with E-state index in [1.165, 1.54) is 0 Å². The van der Waals surface area contributed by atoms with Crippen LogP contribution in [0.1, 0.15) is 42.5 Å². The van der Waals surface area contributed by atoms with Crippen molar-refractivity contribution in [3.8, 4) is 0 Å². The van der Waals surface area contributed by atoms with Gasteiger partial charge in [0.05, 0.1) is 16.6 Å². The number of hydrogen-bond donors (Lipinski definition) is 1. The zero-order valence-corrected chi connectivity index (χ0v) is 13.1. The van der Waals surface area contributed by atoms with Crippen molar-refractivity contribution < 1.29 is 9.90 Å². The van der Waals surface area contributed by atoms with E-state index >= 15 is 0 Å². The highest BCUT2D eigenvalue weighted by atomic mass is 16.4. The third-order valence-electron chi connectivity index (χ3n) is 3.56. The number of carboxylic acids is 1. The molecule has 0 fully saturated rings. The van der Waals surface area contributed by atoms with Gasteiger partial charge in [-0.1, -0.05) is 13.0 Å². The number of imidazole rings is 1. The highest BCUT2D eigenvalue weighted by Crippen LogP contribution is 2.26. The summed E-state index contributed by atoms with van der Waals surface area (Å²) in [6.07, 6.45) is 1.84. The Hall–Kier alpha value is -1.88. The molecular weight excluding hydrogens is 266 g/mol. The lowest BCUT2D eigenvalue weighted by atomic mass is 10.1. The van der Waals surface area contributed by atoms with E-state index in [-0.39, 0.29) is 6.04 Å². The summed E-state index contributed by atoms with van der Waals surface area (Å²) in [5, 5.41) is 9.46. The van der Waals surface area contributed by atoms with Crippen molar-refractivity contribution in [3.63, 3.8) is 0 Å². The summed E-state index contributed by atoms with van der Waals surface area (Å²) < 4.78 is 2.10. The van der Waals surface area contributed by atoms with Crippen LogP contribution in [0.5, 0.6) is 0 Å². The molecule has 1 heterocycles. The van der Waals surface area contributed by atoms with E-state index in [9.17, 15) is 9.90 Å². The van der Waals surface area contributed by atoms with Crippen molar-refractivity contribution in [2.45, 2.75) is 32.7 Å². The zero-order chi connectivity index (χ0) is 15.6. The van der Waals surface area contributed by atoms with Crippen LogP contribution >= 0.6 is 0 Å². The molecule has 1 aromatic carbocycles. The molecule has 114 valence electrons. The van der Waals surface area contributed by atoms with Crippen LogP contribution in [-0.4, -0.2) is 46.2 Å². The molecule has 1 aromatic heterocycles. The smallest absolute Gasteiger partial charge is 0.337 e. The number of carbonyl (C=O) groups is 1. The molecule has 0 amide bonds. The maximum absolute atomic E-state index is 11.5. The molecule has 0 aliphatic rings. The SMILES string of the molecule is CCCc1nc2cccc(C(=O)O)c2n1C(C)CN(C)C. The summed E-state index contributed by atoms with van der Waals surface area (Å²) in [6, 6.07) is 5.48. The molecule has 1 atom stereocenters. The van der Waals surface area contributed by atoms with Crippen LogP contribution in [0.2, 0.25) is 0 Å². The minimum absolute atomic E-state index is 0.173. The number of benzene rings is 1. The van der Waals surface area contributed by atoms with Crippen molar-refractivity contribution in [1.82, 2.24) is 14.5 Å². The Bertz CT molecular complexity index is 646. The second kappa shape index (κ2) is 6.26. The average Bonchev–Trinajstić information content (AvgIpc) is 2.75. The molecule has 5 nitrogen and oxygen atoms in total. The summed E-state index contributed by atoms with van der Waals surface area (Å²) in [5.74, 6) is 0.0670. The lowest BCUT2D eigenvalue weighted by Gasteiger charge is -2.21. The Kier molecular flexibility index (Phi) is 4.63. The minimum atomic E-state index is -0.901. The van der Waals surface area contributed by atoms with Crippen molar-refractivity contribution >= 4 is 17.0 Å².